The fraction of sp³-hybridized carbons (Fsp3) is 0.417. The molecule has 0 aliphatic heterocycles. The summed E-state index contributed by atoms with van der Waals surface area (Å²) in [5.41, 5.74) is 2.87. The quantitative estimate of drug-likeness (QED) is 0.545. The van der Waals surface area contributed by atoms with Crippen molar-refractivity contribution in [2.75, 3.05) is 0 Å². The van der Waals surface area contributed by atoms with E-state index in [0.717, 1.165) is 23.1 Å². The summed E-state index contributed by atoms with van der Waals surface area (Å²) in [4.78, 5) is 28.0. The Labute approximate surface area is 189 Å². The van der Waals surface area contributed by atoms with Crippen molar-refractivity contribution < 1.29 is 9.59 Å². The van der Waals surface area contributed by atoms with Crippen molar-refractivity contribution >= 4 is 35.0 Å². The van der Waals surface area contributed by atoms with E-state index in [1.54, 1.807) is 23.1 Å². The van der Waals surface area contributed by atoms with Gasteiger partial charge in [0.1, 0.15) is 6.04 Å². The van der Waals surface area contributed by atoms with Gasteiger partial charge < -0.3 is 10.2 Å². The molecule has 0 aliphatic rings. The topological polar surface area (TPSA) is 49.4 Å². The van der Waals surface area contributed by atoms with Crippen LogP contribution in [0.5, 0.6) is 0 Å². The molecule has 6 heteroatoms. The highest BCUT2D eigenvalue weighted by molar-refractivity contribution is 6.42. The molecule has 2 atom stereocenters. The van der Waals surface area contributed by atoms with E-state index in [1.165, 1.54) is 0 Å². The van der Waals surface area contributed by atoms with Gasteiger partial charge in [0.05, 0.1) is 16.5 Å². The number of hydrogen-bond donors (Lipinski definition) is 1. The largest absolute Gasteiger partial charge is 0.352 e. The number of nitrogens with one attached hydrogen (secondary N) is 1. The molecule has 0 heterocycles. The Kier molecular flexibility index (Phi) is 9.19. The summed E-state index contributed by atoms with van der Waals surface area (Å²) in [7, 11) is 0. The maximum absolute atomic E-state index is 13.3. The summed E-state index contributed by atoms with van der Waals surface area (Å²) in [6.45, 7) is 8.29. The number of halogens is 2. The molecule has 4 nitrogen and oxygen atoms in total. The van der Waals surface area contributed by atoms with Crippen LogP contribution in [-0.4, -0.2) is 28.8 Å². The van der Waals surface area contributed by atoms with Gasteiger partial charge in [-0.3, -0.25) is 9.59 Å². The van der Waals surface area contributed by atoms with Gasteiger partial charge in [-0.05, 0) is 49.9 Å². The van der Waals surface area contributed by atoms with Crippen LogP contribution in [0.3, 0.4) is 0 Å². The van der Waals surface area contributed by atoms with E-state index in [9.17, 15) is 9.59 Å². The summed E-state index contributed by atoms with van der Waals surface area (Å²) < 4.78 is 0. The SMILES string of the molecule is CC[C@@H](C)NC(=O)[C@@H](CC)N(Cc1cccc(C)c1)C(=O)Cc1ccc(Cl)c(Cl)c1. The first kappa shape index (κ1) is 24.2. The van der Waals surface area contributed by atoms with E-state index in [-0.39, 0.29) is 24.3 Å². The van der Waals surface area contributed by atoms with Gasteiger partial charge in [0, 0.05) is 12.6 Å². The van der Waals surface area contributed by atoms with Crippen LogP contribution >= 0.6 is 23.2 Å². The lowest BCUT2D eigenvalue weighted by Gasteiger charge is -2.31. The normalized spacial score (nSPS) is 12.9. The zero-order valence-electron chi connectivity index (χ0n) is 18.0. The molecule has 2 amide bonds. The molecule has 0 saturated heterocycles. The van der Waals surface area contributed by atoms with E-state index in [1.807, 2.05) is 52.0 Å². The van der Waals surface area contributed by atoms with Gasteiger partial charge >= 0.3 is 0 Å². The lowest BCUT2D eigenvalue weighted by molar-refractivity contribution is -0.141. The first-order chi connectivity index (χ1) is 14.2. The zero-order valence-corrected chi connectivity index (χ0v) is 19.6. The van der Waals surface area contributed by atoms with Crippen LogP contribution in [0, 0.1) is 6.92 Å². The summed E-state index contributed by atoms with van der Waals surface area (Å²) in [6.07, 6.45) is 1.51. The maximum Gasteiger partial charge on any atom is 0.243 e. The number of carbonyl (C=O) groups is 2. The third kappa shape index (κ3) is 6.75. The molecule has 2 rings (SSSR count). The Morgan fingerprint density at radius 2 is 1.73 bits per heavy atom. The van der Waals surface area contributed by atoms with Crippen molar-refractivity contribution in [2.24, 2.45) is 0 Å². The molecule has 0 aromatic heterocycles. The van der Waals surface area contributed by atoms with Crippen LogP contribution < -0.4 is 5.32 Å². The minimum absolute atomic E-state index is 0.0533. The third-order valence-corrected chi connectivity index (χ3v) is 5.90. The first-order valence-corrected chi connectivity index (χ1v) is 11.1. The molecule has 2 aromatic carbocycles. The molecule has 162 valence electrons. The third-order valence-electron chi connectivity index (χ3n) is 5.16. The number of amides is 2. The number of benzene rings is 2. The molecule has 1 N–H and O–H groups in total. The smallest absolute Gasteiger partial charge is 0.243 e. The van der Waals surface area contributed by atoms with E-state index >= 15 is 0 Å². The lowest BCUT2D eigenvalue weighted by Crippen LogP contribution is -2.51. The zero-order chi connectivity index (χ0) is 22.3. The summed E-state index contributed by atoms with van der Waals surface area (Å²) in [5, 5.41) is 3.88. The molecule has 0 saturated carbocycles. The Balaban J connectivity index is 2.31. The molecular weight excluding hydrogens is 419 g/mol. The molecule has 0 fully saturated rings. The molecule has 0 spiro atoms. The van der Waals surface area contributed by atoms with Gasteiger partial charge in [-0.15, -0.1) is 0 Å². The maximum atomic E-state index is 13.3. The number of aryl methyl sites for hydroxylation is 1. The van der Waals surface area contributed by atoms with E-state index in [2.05, 4.69) is 5.32 Å². The molecule has 0 aliphatic carbocycles. The van der Waals surface area contributed by atoms with Crippen LogP contribution in [0.4, 0.5) is 0 Å². The van der Waals surface area contributed by atoms with E-state index in [4.69, 9.17) is 23.2 Å². The van der Waals surface area contributed by atoms with Crippen molar-refractivity contribution in [3.63, 3.8) is 0 Å². The van der Waals surface area contributed by atoms with Gasteiger partial charge in [-0.25, -0.2) is 0 Å². The van der Waals surface area contributed by atoms with Crippen LogP contribution in [0.2, 0.25) is 10.0 Å². The monoisotopic (exact) mass is 448 g/mol. The number of rotatable bonds is 9. The summed E-state index contributed by atoms with van der Waals surface area (Å²) >= 11 is 12.1. The van der Waals surface area contributed by atoms with Crippen molar-refractivity contribution in [2.45, 2.75) is 65.6 Å². The van der Waals surface area contributed by atoms with Gasteiger partial charge in [-0.1, -0.05) is 72.9 Å². The predicted octanol–water partition coefficient (Wildman–Crippen LogP) is 5.57. The second-order valence-electron chi connectivity index (χ2n) is 7.68. The number of hydrogen-bond acceptors (Lipinski definition) is 2. The average Bonchev–Trinajstić information content (AvgIpc) is 2.70. The Bertz CT molecular complexity index is 885. The van der Waals surface area contributed by atoms with Gasteiger partial charge in [0.15, 0.2) is 0 Å². The van der Waals surface area contributed by atoms with E-state index < -0.39 is 6.04 Å². The fourth-order valence-corrected chi connectivity index (χ4v) is 3.61. The summed E-state index contributed by atoms with van der Waals surface area (Å²) in [6, 6.07) is 12.7. The minimum atomic E-state index is -0.546. The van der Waals surface area contributed by atoms with Crippen LogP contribution in [0.25, 0.3) is 0 Å². The lowest BCUT2D eigenvalue weighted by atomic mass is 10.1. The molecule has 2 aromatic rings. The minimum Gasteiger partial charge on any atom is -0.352 e. The van der Waals surface area contributed by atoms with Gasteiger partial charge in [0.25, 0.3) is 0 Å². The van der Waals surface area contributed by atoms with Gasteiger partial charge in [-0.2, -0.15) is 0 Å². The van der Waals surface area contributed by atoms with Crippen molar-refractivity contribution in [1.29, 1.82) is 0 Å². The highest BCUT2D eigenvalue weighted by Crippen LogP contribution is 2.24. The van der Waals surface area contributed by atoms with Crippen LogP contribution in [-0.2, 0) is 22.6 Å². The standard InChI is InChI=1S/C24H30Cl2N2O2/c1-5-17(4)27-24(30)22(6-2)28(15-19-9-7-8-16(3)12-19)23(29)14-18-10-11-20(25)21(26)13-18/h7-13,17,22H,5-6,14-15H2,1-4H3,(H,27,30)/t17-,22-/m1/s1. The molecule has 0 bridgehead atoms. The predicted molar refractivity (Wildman–Crippen MR) is 124 cm³/mol. The Morgan fingerprint density at radius 1 is 1.00 bits per heavy atom. The highest BCUT2D eigenvalue weighted by atomic mass is 35.5. The van der Waals surface area contributed by atoms with Crippen molar-refractivity contribution in [3.05, 3.63) is 69.2 Å². The van der Waals surface area contributed by atoms with Crippen molar-refractivity contribution in [3.8, 4) is 0 Å². The van der Waals surface area contributed by atoms with Gasteiger partial charge in [0.2, 0.25) is 11.8 Å². The highest BCUT2D eigenvalue weighted by Gasteiger charge is 2.29. The number of nitrogens with zero attached hydrogens (tertiary/aromatic N) is 1. The van der Waals surface area contributed by atoms with Crippen LogP contribution in [0.15, 0.2) is 42.5 Å². The molecule has 0 unspecified atom stereocenters. The second-order valence-corrected chi connectivity index (χ2v) is 8.49. The second kappa shape index (κ2) is 11.4. The first-order valence-electron chi connectivity index (χ1n) is 10.3. The molecular formula is C24H30Cl2N2O2. The van der Waals surface area contributed by atoms with Crippen molar-refractivity contribution in [1.82, 2.24) is 10.2 Å². The van der Waals surface area contributed by atoms with Crippen LogP contribution in [0.1, 0.15) is 50.3 Å². The van der Waals surface area contributed by atoms with E-state index in [0.29, 0.717) is 23.0 Å². The molecule has 0 radical (unpaired) electrons. The Hall–Kier alpha value is -2.04. The Morgan fingerprint density at radius 3 is 2.33 bits per heavy atom. The fourth-order valence-electron chi connectivity index (χ4n) is 3.29. The molecule has 30 heavy (non-hydrogen) atoms. The number of carbonyl (C=O) groups excluding carboxylic acids is 2. The summed E-state index contributed by atoms with van der Waals surface area (Å²) in [5.74, 6) is -0.247. The average molecular weight is 449 g/mol.